The molecule has 1 heterocycles. The lowest BCUT2D eigenvalue weighted by Crippen LogP contribution is -2.31. The Morgan fingerprint density at radius 2 is 2.00 bits per heavy atom. The molecule has 0 bridgehead atoms. The second kappa shape index (κ2) is 9.93. The number of thioether (sulfide) groups is 1. The molecule has 29 heavy (non-hydrogen) atoms. The minimum atomic E-state index is -0.810. The molecule has 1 aromatic carbocycles. The molecule has 6 nitrogen and oxygen atoms in total. The molecular weight excluding hydrogens is 408 g/mol. The summed E-state index contributed by atoms with van der Waals surface area (Å²) in [5, 5.41) is 5.62. The van der Waals surface area contributed by atoms with E-state index in [0.717, 1.165) is 41.0 Å². The number of fused-ring (bicyclic) bond motifs is 1. The van der Waals surface area contributed by atoms with Gasteiger partial charge in [0.05, 0.1) is 18.4 Å². The van der Waals surface area contributed by atoms with E-state index < -0.39 is 12.0 Å². The second-order valence-corrected chi connectivity index (χ2v) is 9.12. The first-order valence-electron chi connectivity index (χ1n) is 9.43. The first kappa shape index (κ1) is 21.4. The standard InChI is InChI=1S/C21H24N2O4S2/c1-13-8-9-15-16(10-13)29-20(18(15)19(25)23-21(26)27-2)22-17(24)12-28-11-14-6-4-3-5-7-14/h3-7,13H,8-12H2,1-2H3,(H,22,24)(H,23,25,26). The Morgan fingerprint density at radius 1 is 1.24 bits per heavy atom. The van der Waals surface area contributed by atoms with Crippen LogP contribution < -0.4 is 10.6 Å². The Hall–Kier alpha value is -2.32. The summed E-state index contributed by atoms with van der Waals surface area (Å²) in [4.78, 5) is 37.8. The average Bonchev–Trinajstić information content (AvgIpc) is 3.05. The fourth-order valence-electron chi connectivity index (χ4n) is 3.28. The van der Waals surface area contributed by atoms with Crippen LogP contribution in [0.1, 0.15) is 39.7 Å². The molecule has 3 rings (SSSR count). The summed E-state index contributed by atoms with van der Waals surface area (Å²) in [6, 6.07) is 9.95. The van der Waals surface area contributed by atoms with E-state index in [2.05, 4.69) is 22.3 Å². The number of ether oxygens (including phenoxy) is 1. The SMILES string of the molecule is COC(=O)NC(=O)c1c(NC(=O)CSCc2ccccc2)sc2c1CCC(C)C2. The van der Waals surface area contributed by atoms with Crippen molar-refractivity contribution in [1.82, 2.24) is 5.32 Å². The number of carbonyl (C=O) groups excluding carboxylic acids is 3. The summed E-state index contributed by atoms with van der Waals surface area (Å²) < 4.78 is 4.54. The van der Waals surface area contributed by atoms with Gasteiger partial charge < -0.3 is 10.1 Å². The van der Waals surface area contributed by atoms with Crippen molar-refractivity contribution < 1.29 is 19.1 Å². The third-order valence-corrected chi connectivity index (χ3v) is 6.91. The van der Waals surface area contributed by atoms with Crippen molar-refractivity contribution in [3.63, 3.8) is 0 Å². The largest absolute Gasteiger partial charge is 0.453 e. The Kier molecular flexibility index (Phi) is 7.33. The molecule has 0 fully saturated rings. The van der Waals surface area contributed by atoms with Gasteiger partial charge in [-0.1, -0.05) is 37.3 Å². The minimum absolute atomic E-state index is 0.162. The van der Waals surface area contributed by atoms with Gasteiger partial charge in [-0.15, -0.1) is 23.1 Å². The molecular formula is C21H24N2O4S2. The molecule has 0 saturated heterocycles. The molecule has 0 saturated carbocycles. The number of hydrogen-bond donors (Lipinski definition) is 2. The van der Waals surface area contributed by atoms with E-state index >= 15 is 0 Å². The highest BCUT2D eigenvalue weighted by Crippen LogP contribution is 2.39. The van der Waals surface area contributed by atoms with E-state index in [-0.39, 0.29) is 11.7 Å². The number of carbonyl (C=O) groups is 3. The van der Waals surface area contributed by atoms with Crippen molar-refractivity contribution >= 4 is 46.0 Å². The summed E-state index contributed by atoms with van der Waals surface area (Å²) in [6.07, 6.45) is 1.80. The van der Waals surface area contributed by atoms with Crippen LogP contribution in [0, 0.1) is 5.92 Å². The lowest BCUT2D eigenvalue weighted by Gasteiger charge is -2.18. The maximum absolute atomic E-state index is 12.7. The predicted molar refractivity (Wildman–Crippen MR) is 117 cm³/mol. The van der Waals surface area contributed by atoms with Gasteiger partial charge in [0.25, 0.3) is 5.91 Å². The fourth-order valence-corrected chi connectivity index (χ4v) is 5.50. The Labute approximate surface area is 178 Å². The van der Waals surface area contributed by atoms with E-state index in [4.69, 9.17) is 0 Å². The van der Waals surface area contributed by atoms with Gasteiger partial charge in [0.1, 0.15) is 5.00 Å². The molecule has 0 radical (unpaired) electrons. The quantitative estimate of drug-likeness (QED) is 0.713. The molecule has 1 atom stereocenters. The number of thiophene rings is 1. The van der Waals surface area contributed by atoms with Gasteiger partial charge in [0, 0.05) is 10.6 Å². The molecule has 2 aromatic rings. The van der Waals surface area contributed by atoms with E-state index in [1.54, 1.807) is 0 Å². The molecule has 0 aliphatic heterocycles. The highest BCUT2D eigenvalue weighted by molar-refractivity contribution is 7.99. The fraction of sp³-hybridized carbons (Fsp3) is 0.381. The number of benzene rings is 1. The molecule has 1 unspecified atom stereocenters. The summed E-state index contributed by atoms with van der Waals surface area (Å²) in [6.45, 7) is 2.18. The van der Waals surface area contributed by atoms with Crippen LogP contribution in [0.2, 0.25) is 0 Å². The van der Waals surface area contributed by atoms with Crippen LogP contribution in [0.4, 0.5) is 9.80 Å². The van der Waals surface area contributed by atoms with E-state index in [1.807, 2.05) is 30.3 Å². The Morgan fingerprint density at radius 3 is 2.72 bits per heavy atom. The van der Waals surface area contributed by atoms with Gasteiger partial charge in [0.2, 0.25) is 5.91 Å². The Balaban J connectivity index is 1.70. The van der Waals surface area contributed by atoms with Crippen molar-refractivity contribution in [1.29, 1.82) is 0 Å². The predicted octanol–water partition coefficient (Wildman–Crippen LogP) is 4.24. The zero-order valence-corrected chi connectivity index (χ0v) is 18.1. The Bertz CT molecular complexity index is 896. The number of imide groups is 1. The van der Waals surface area contributed by atoms with Crippen molar-refractivity contribution in [2.24, 2.45) is 5.92 Å². The molecule has 8 heteroatoms. The molecule has 154 valence electrons. The minimum Gasteiger partial charge on any atom is -0.453 e. The number of nitrogens with one attached hydrogen (secondary N) is 2. The summed E-state index contributed by atoms with van der Waals surface area (Å²) in [5.74, 6) is 0.859. The number of hydrogen-bond acceptors (Lipinski definition) is 6. The zero-order chi connectivity index (χ0) is 20.8. The summed E-state index contributed by atoms with van der Waals surface area (Å²) >= 11 is 2.95. The number of rotatable bonds is 6. The van der Waals surface area contributed by atoms with Crippen LogP contribution in [-0.4, -0.2) is 30.8 Å². The van der Waals surface area contributed by atoms with Gasteiger partial charge >= 0.3 is 6.09 Å². The lowest BCUT2D eigenvalue weighted by atomic mass is 9.88. The van der Waals surface area contributed by atoms with E-state index in [0.29, 0.717) is 16.5 Å². The topological polar surface area (TPSA) is 84.5 Å². The molecule has 1 aromatic heterocycles. The number of alkyl carbamates (subject to hydrolysis) is 1. The van der Waals surface area contributed by atoms with Gasteiger partial charge in [-0.05, 0) is 36.3 Å². The first-order chi connectivity index (χ1) is 14.0. The number of methoxy groups -OCH3 is 1. The zero-order valence-electron chi connectivity index (χ0n) is 16.4. The van der Waals surface area contributed by atoms with E-state index in [1.165, 1.54) is 30.2 Å². The highest BCUT2D eigenvalue weighted by atomic mass is 32.2. The maximum atomic E-state index is 12.7. The molecule has 0 spiro atoms. The molecule has 1 aliphatic carbocycles. The maximum Gasteiger partial charge on any atom is 0.413 e. The summed E-state index contributed by atoms with van der Waals surface area (Å²) in [5.41, 5.74) is 2.48. The second-order valence-electron chi connectivity index (χ2n) is 7.03. The lowest BCUT2D eigenvalue weighted by molar-refractivity contribution is -0.113. The molecule has 3 amide bonds. The third kappa shape index (κ3) is 5.61. The smallest absolute Gasteiger partial charge is 0.413 e. The number of anilines is 1. The van der Waals surface area contributed by atoms with Crippen LogP contribution in [0.25, 0.3) is 0 Å². The summed E-state index contributed by atoms with van der Waals surface area (Å²) in [7, 11) is 1.21. The van der Waals surface area contributed by atoms with E-state index in [9.17, 15) is 14.4 Å². The van der Waals surface area contributed by atoms with Gasteiger partial charge in [-0.3, -0.25) is 14.9 Å². The monoisotopic (exact) mass is 432 g/mol. The van der Waals surface area contributed by atoms with Crippen molar-refractivity contribution in [3.05, 3.63) is 51.9 Å². The van der Waals surface area contributed by atoms with Crippen molar-refractivity contribution in [2.75, 3.05) is 18.2 Å². The number of amides is 3. The van der Waals surface area contributed by atoms with Crippen LogP contribution in [-0.2, 0) is 28.1 Å². The first-order valence-corrected chi connectivity index (χ1v) is 11.4. The van der Waals surface area contributed by atoms with Gasteiger partial charge in [-0.25, -0.2) is 4.79 Å². The van der Waals surface area contributed by atoms with Crippen LogP contribution in [0.15, 0.2) is 30.3 Å². The van der Waals surface area contributed by atoms with Gasteiger partial charge in [0.15, 0.2) is 0 Å². The van der Waals surface area contributed by atoms with Crippen LogP contribution in [0.5, 0.6) is 0 Å². The molecule has 2 N–H and O–H groups in total. The van der Waals surface area contributed by atoms with Gasteiger partial charge in [-0.2, -0.15) is 0 Å². The highest BCUT2D eigenvalue weighted by Gasteiger charge is 2.29. The van der Waals surface area contributed by atoms with Crippen LogP contribution in [0.3, 0.4) is 0 Å². The van der Waals surface area contributed by atoms with Crippen LogP contribution >= 0.6 is 23.1 Å². The van der Waals surface area contributed by atoms with Crippen molar-refractivity contribution in [3.8, 4) is 0 Å². The normalized spacial score (nSPS) is 15.3. The molecule has 1 aliphatic rings. The third-order valence-electron chi connectivity index (χ3n) is 4.74. The average molecular weight is 433 g/mol. The van der Waals surface area contributed by atoms with Crippen molar-refractivity contribution in [2.45, 2.75) is 31.9 Å².